The molecule has 0 saturated carbocycles. The molecule has 3 aromatic rings. The molecule has 0 fully saturated rings. The van der Waals surface area contributed by atoms with Gasteiger partial charge >= 0.3 is 11.8 Å². The van der Waals surface area contributed by atoms with E-state index in [1.165, 1.54) is 16.0 Å². The standard InChI is InChI=1S/C23H23N3O2S/c27-22(23(28)25-19-9-2-1-3-10-19)24-15-20(21-11-6-14-29-21)26-13-12-17-7-4-5-8-18(17)16-26/h1-11,14,20H,12-13,15-16H2,(H,24,27)(H,25,28)/t20-/m1/s1. The quantitative estimate of drug-likeness (QED) is 0.638. The molecular weight excluding hydrogens is 382 g/mol. The lowest BCUT2D eigenvalue weighted by molar-refractivity contribution is -0.136. The predicted molar refractivity (Wildman–Crippen MR) is 116 cm³/mol. The van der Waals surface area contributed by atoms with Gasteiger partial charge < -0.3 is 10.6 Å². The largest absolute Gasteiger partial charge is 0.346 e. The normalized spacial score (nSPS) is 14.6. The van der Waals surface area contributed by atoms with Crippen LogP contribution in [0.1, 0.15) is 22.0 Å². The van der Waals surface area contributed by atoms with Crippen LogP contribution in [0.15, 0.2) is 72.1 Å². The van der Waals surface area contributed by atoms with Gasteiger partial charge in [-0.15, -0.1) is 11.3 Å². The predicted octanol–water partition coefficient (Wildman–Crippen LogP) is 3.60. The fourth-order valence-corrected chi connectivity index (χ4v) is 4.51. The number of carbonyl (C=O) groups excluding carboxylic acids is 2. The number of carbonyl (C=O) groups is 2. The highest BCUT2D eigenvalue weighted by molar-refractivity contribution is 7.10. The molecule has 1 atom stereocenters. The Balaban J connectivity index is 1.42. The van der Waals surface area contributed by atoms with Crippen LogP contribution >= 0.6 is 11.3 Å². The Morgan fingerprint density at radius 3 is 2.45 bits per heavy atom. The lowest BCUT2D eigenvalue weighted by Gasteiger charge is -2.35. The first-order valence-corrected chi connectivity index (χ1v) is 10.6. The summed E-state index contributed by atoms with van der Waals surface area (Å²) in [6, 6.07) is 21.6. The molecule has 2 N–H and O–H groups in total. The van der Waals surface area contributed by atoms with Crippen LogP contribution in [0.5, 0.6) is 0 Å². The van der Waals surface area contributed by atoms with Crippen LogP contribution in [-0.2, 0) is 22.6 Å². The summed E-state index contributed by atoms with van der Waals surface area (Å²) in [5, 5.41) is 7.50. The molecule has 0 saturated heterocycles. The van der Waals surface area contributed by atoms with Gasteiger partial charge in [0.2, 0.25) is 0 Å². The van der Waals surface area contributed by atoms with Gasteiger partial charge in [-0.1, -0.05) is 48.5 Å². The number of hydrogen-bond donors (Lipinski definition) is 2. The minimum absolute atomic E-state index is 0.0387. The molecule has 0 aliphatic carbocycles. The van der Waals surface area contributed by atoms with E-state index < -0.39 is 11.8 Å². The minimum Gasteiger partial charge on any atom is -0.346 e. The summed E-state index contributed by atoms with van der Waals surface area (Å²) in [7, 11) is 0. The van der Waals surface area contributed by atoms with Gasteiger partial charge in [-0.25, -0.2) is 0 Å². The van der Waals surface area contributed by atoms with Crippen molar-refractivity contribution >= 4 is 28.8 Å². The lowest BCUT2D eigenvalue weighted by Crippen LogP contribution is -2.43. The second kappa shape index (κ2) is 9.03. The van der Waals surface area contributed by atoms with Gasteiger partial charge in [-0.05, 0) is 41.1 Å². The summed E-state index contributed by atoms with van der Waals surface area (Å²) in [5.74, 6) is -1.27. The molecule has 6 heteroatoms. The SMILES string of the molecule is O=C(NC[C@H](c1cccs1)N1CCc2ccccc2C1)C(=O)Nc1ccccc1. The summed E-state index contributed by atoms with van der Waals surface area (Å²) < 4.78 is 0. The fraction of sp³-hybridized carbons (Fsp3) is 0.217. The van der Waals surface area contributed by atoms with Crippen LogP contribution in [0.25, 0.3) is 0 Å². The van der Waals surface area contributed by atoms with Crippen molar-refractivity contribution in [2.75, 3.05) is 18.4 Å². The van der Waals surface area contributed by atoms with E-state index in [1.807, 2.05) is 29.6 Å². The van der Waals surface area contributed by atoms with Crippen LogP contribution in [0.4, 0.5) is 5.69 Å². The topological polar surface area (TPSA) is 61.4 Å². The van der Waals surface area contributed by atoms with E-state index in [0.717, 1.165) is 19.5 Å². The highest BCUT2D eigenvalue weighted by Gasteiger charge is 2.26. The van der Waals surface area contributed by atoms with Gasteiger partial charge in [0, 0.05) is 30.2 Å². The second-order valence-corrected chi connectivity index (χ2v) is 8.03. The van der Waals surface area contributed by atoms with Gasteiger partial charge in [-0.2, -0.15) is 0 Å². The first-order valence-electron chi connectivity index (χ1n) is 9.69. The van der Waals surface area contributed by atoms with E-state index in [2.05, 4.69) is 45.9 Å². The number of thiophene rings is 1. The molecule has 2 heterocycles. The maximum absolute atomic E-state index is 12.4. The number of amides is 2. The number of fused-ring (bicyclic) bond motifs is 1. The summed E-state index contributed by atoms with van der Waals surface area (Å²) in [6.45, 7) is 2.15. The Bertz CT molecular complexity index is 973. The molecule has 0 radical (unpaired) electrons. The van der Waals surface area contributed by atoms with Crippen LogP contribution in [-0.4, -0.2) is 29.8 Å². The first-order chi connectivity index (χ1) is 14.2. The van der Waals surface area contributed by atoms with Crippen molar-refractivity contribution in [1.82, 2.24) is 10.2 Å². The molecule has 29 heavy (non-hydrogen) atoms. The third-order valence-corrected chi connectivity index (χ3v) is 6.14. The van der Waals surface area contributed by atoms with E-state index >= 15 is 0 Å². The number of benzene rings is 2. The second-order valence-electron chi connectivity index (χ2n) is 7.05. The van der Waals surface area contributed by atoms with Gasteiger partial charge in [0.25, 0.3) is 0 Å². The fourth-order valence-electron chi connectivity index (χ4n) is 3.65. The number of anilines is 1. The van der Waals surface area contributed by atoms with E-state index in [1.54, 1.807) is 23.5 Å². The Labute approximate surface area is 174 Å². The molecule has 2 aromatic carbocycles. The van der Waals surface area contributed by atoms with Crippen LogP contribution < -0.4 is 10.6 Å². The Morgan fingerprint density at radius 1 is 0.931 bits per heavy atom. The van der Waals surface area contributed by atoms with E-state index in [-0.39, 0.29) is 6.04 Å². The Morgan fingerprint density at radius 2 is 1.69 bits per heavy atom. The monoisotopic (exact) mass is 405 g/mol. The van der Waals surface area contributed by atoms with Crippen LogP contribution in [0.2, 0.25) is 0 Å². The van der Waals surface area contributed by atoms with E-state index in [9.17, 15) is 9.59 Å². The molecule has 0 spiro atoms. The van der Waals surface area contributed by atoms with Crippen molar-refractivity contribution in [3.05, 3.63) is 88.1 Å². The van der Waals surface area contributed by atoms with E-state index in [0.29, 0.717) is 12.2 Å². The van der Waals surface area contributed by atoms with Crippen molar-refractivity contribution in [2.45, 2.75) is 19.0 Å². The zero-order chi connectivity index (χ0) is 20.1. The molecule has 5 nitrogen and oxygen atoms in total. The number of nitrogens with zero attached hydrogens (tertiary/aromatic N) is 1. The van der Waals surface area contributed by atoms with Crippen molar-refractivity contribution < 1.29 is 9.59 Å². The maximum Gasteiger partial charge on any atom is 0.313 e. The zero-order valence-corrected chi connectivity index (χ0v) is 16.8. The van der Waals surface area contributed by atoms with Crippen LogP contribution in [0, 0.1) is 0 Å². The lowest BCUT2D eigenvalue weighted by atomic mass is 9.98. The van der Waals surface area contributed by atoms with Gasteiger partial charge in [0.15, 0.2) is 0 Å². The molecular formula is C23H23N3O2S. The number of hydrogen-bond acceptors (Lipinski definition) is 4. The average molecular weight is 406 g/mol. The van der Waals surface area contributed by atoms with Gasteiger partial charge in [0.05, 0.1) is 6.04 Å². The summed E-state index contributed by atoms with van der Waals surface area (Å²) in [5.41, 5.74) is 3.32. The molecule has 1 aliphatic rings. The molecule has 148 valence electrons. The van der Waals surface area contributed by atoms with Crippen molar-refractivity contribution in [2.24, 2.45) is 0 Å². The highest BCUT2D eigenvalue weighted by atomic mass is 32.1. The summed E-state index contributed by atoms with van der Waals surface area (Å²) >= 11 is 1.68. The smallest absolute Gasteiger partial charge is 0.313 e. The first kappa shape index (κ1) is 19.4. The third kappa shape index (κ3) is 4.72. The summed E-state index contributed by atoms with van der Waals surface area (Å²) in [6.07, 6.45) is 0.987. The van der Waals surface area contributed by atoms with Gasteiger partial charge in [-0.3, -0.25) is 14.5 Å². The Kier molecular flexibility index (Phi) is 6.03. The third-order valence-electron chi connectivity index (χ3n) is 5.17. The molecule has 0 bridgehead atoms. The highest BCUT2D eigenvalue weighted by Crippen LogP contribution is 2.30. The van der Waals surface area contributed by atoms with Crippen LogP contribution in [0.3, 0.4) is 0 Å². The van der Waals surface area contributed by atoms with Crippen molar-refractivity contribution in [3.63, 3.8) is 0 Å². The van der Waals surface area contributed by atoms with E-state index in [4.69, 9.17) is 0 Å². The molecule has 1 aromatic heterocycles. The average Bonchev–Trinajstić information content (AvgIpc) is 3.29. The zero-order valence-electron chi connectivity index (χ0n) is 16.0. The number of para-hydroxylation sites is 1. The molecule has 0 unspecified atom stereocenters. The minimum atomic E-state index is -0.648. The van der Waals surface area contributed by atoms with Crippen molar-refractivity contribution in [1.29, 1.82) is 0 Å². The molecule has 4 rings (SSSR count). The molecule has 1 aliphatic heterocycles. The maximum atomic E-state index is 12.4. The Hall–Kier alpha value is -2.96. The van der Waals surface area contributed by atoms with Crippen molar-refractivity contribution in [3.8, 4) is 0 Å². The summed E-state index contributed by atoms with van der Waals surface area (Å²) in [4.78, 5) is 28.1. The number of rotatable bonds is 5. The number of nitrogens with one attached hydrogen (secondary N) is 2. The van der Waals surface area contributed by atoms with Gasteiger partial charge in [0.1, 0.15) is 0 Å². The molecule has 2 amide bonds.